The number of nitrogens with zero attached hydrogens (tertiary/aromatic N) is 2. The van der Waals surface area contributed by atoms with Crippen molar-refractivity contribution < 1.29 is 4.74 Å². The molecule has 0 aromatic heterocycles. The third-order valence-corrected chi connectivity index (χ3v) is 12.4. The predicted molar refractivity (Wildman–Crippen MR) is 242 cm³/mol. The molecule has 3 nitrogen and oxygen atoms in total. The maximum atomic E-state index is 6.81. The van der Waals surface area contributed by atoms with E-state index in [-0.39, 0.29) is 11.5 Å². The van der Waals surface area contributed by atoms with Crippen molar-refractivity contribution in [1.29, 1.82) is 0 Å². The van der Waals surface area contributed by atoms with Crippen LogP contribution in [0.5, 0.6) is 11.5 Å². The van der Waals surface area contributed by atoms with Crippen LogP contribution in [0.2, 0.25) is 0 Å². The first-order valence-electron chi connectivity index (χ1n) is 20.3. The van der Waals surface area contributed by atoms with Crippen LogP contribution in [0.3, 0.4) is 0 Å². The number of para-hydroxylation sites is 2. The van der Waals surface area contributed by atoms with Crippen LogP contribution in [0.15, 0.2) is 200 Å². The number of rotatable bonds is 7. The lowest BCUT2D eigenvalue weighted by Gasteiger charge is -2.35. The van der Waals surface area contributed by atoms with Crippen molar-refractivity contribution in [3.8, 4) is 33.8 Å². The van der Waals surface area contributed by atoms with Crippen molar-refractivity contribution in [2.45, 2.75) is 31.7 Å². The number of fused-ring (bicyclic) bond motifs is 5. The normalized spacial score (nSPS) is 15.5. The lowest BCUT2D eigenvalue weighted by atomic mass is 9.82. The number of anilines is 5. The zero-order valence-electron chi connectivity index (χ0n) is 32.6. The first-order chi connectivity index (χ1) is 28.5. The summed E-state index contributed by atoms with van der Waals surface area (Å²) in [5, 5.41) is 2.30. The van der Waals surface area contributed by atoms with Gasteiger partial charge in [0.25, 0.3) is 0 Å². The highest BCUT2D eigenvalue weighted by molar-refractivity contribution is 6.10. The molecule has 3 heteroatoms. The van der Waals surface area contributed by atoms with E-state index in [1.807, 2.05) is 0 Å². The maximum Gasteiger partial charge on any atom is 0.136 e. The van der Waals surface area contributed by atoms with Crippen LogP contribution < -0.4 is 14.5 Å². The van der Waals surface area contributed by atoms with Crippen LogP contribution in [-0.2, 0) is 5.41 Å². The van der Waals surface area contributed by atoms with E-state index in [9.17, 15) is 0 Å². The summed E-state index contributed by atoms with van der Waals surface area (Å²) in [6, 6.07) is 65.8. The third kappa shape index (κ3) is 5.49. The van der Waals surface area contributed by atoms with E-state index in [0.29, 0.717) is 0 Å². The van der Waals surface area contributed by atoms with Gasteiger partial charge in [-0.25, -0.2) is 0 Å². The fourth-order valence-electron chi connectivity index (χ4n) is 9.57. The first-order valence-corrected chi connectivity index (χ1v) is 20.3. The Labute approximate surface area is 340 Å². The minimum absolute atomic E-state index is 0.0617. The fourth-order valence-corrected chi connectivity index (χ4v) is 9.57. The van der Waals surface area contributed by atoms with Crippen LogP contribution in [0.1, 0.15) is 37.0 Å². The van der Waals surface area contributed by atoms with Gasteiger partial charge in [0.05, 0.1) is 6.04 Å². The van der Waals surface area contributed by atoms with Crippen molar-refractivity contribution in [1.82, 2.24) is 0 Å². The van der Waals surface area contributed by atoms with Crippen LogP contribution in [-0.4, -0.2) is 6.04 Å². The topological polar surface area (TPSA) is 15.7 Å². The average Bonchev–Trinajstić information content (AvgIpc) is 3.51. The Morgan fingerprint density at radius 2 is 1.16 bits per heavy atom. The van der Waals surface area contributed by atoms with Crippen molar-refractivity contribution in [2.75, 3.05) is 9.80 Å². The SMILES string of the molecule is CC1(C)c2ccccc2-c2cc(N(c3ccc4c5c(cccc35)-c3cc(N(c5ccccc5)c5ccccc5)ccc3O4)C3C=CC(c4ccccc4)=CC3)ccc21. The molecule has 278 valence electrons. The Bertz CT molecular complexity index is 2890. The summed E-state index contributed by atoms with van der Waals surface area (Å²) >= 11 is 0. The lowest BCUT2D eigenvalue weighted by Crippen LogP contribution is -2.30. The van der Waals surface area contributed by atoms with Crippen molar-refractivity contribution in [3.05, 3.63) is 217 Å². The number of allylic oxidation sites excluding steroid dienone is 2. The van der Waals surface area contributed by atoms with Gasteiger partial charge in [-0.2, -0.15) is 0 Å². The summed E-state index contributed by atoms with van der Waals surface area (Å²) < 4.78 is 6.81. The highest BCUT2D eigenvalue weighted by atomic mass is 16.5. The molecular weight excluding hydrogens is 705 g/mol. The van der Waals surface area contributed by atoms with E-state index in [0.717, 1.165) is 51.6 Å². The molecule has 58 heavy (non-hydrogen) atoms. The molecule has 8 aromatic rings. The van der Waals surface area contributed by atoms with Gasteiger partial charge in [-0.05, 0) is 112 Å². The van der Waals surface area contributed by atoms with Gasteiger partial charge in [-0.3, -0.25) is 0 Å². The molecule has 0 N–H and O–H groups in total. The fraction of sp³-hybridized carbons (Fsp3) is 0.0909. The molecular formula is C55H42N2O. The van der Waals surface area contributed by atoms with Crippen LogP contribution in [0.4, 0.5) is 28.4 Å². The lowest BCUT2D eigenvalue weighted by molar-refractivity contribution is 0.487. The van der Waals surface area contributed by atoms with E-state index in [1.54, 1.807) is 0 Å². The number of benzene rings is 8. The van der Waals surface area contributed by atoms with Gasteiger partial charge in [-0.1, -0.05) is 147 Å². The molecule has 1 heterocycles. The van der Waals surface area contributed by atoms with E-state index in [1.165, 1.54) is 50.0 Å². The van der Waals surface area contributed by atoms with Gasteiger partial charge < -0.3 is 14.5 Å². The summed E-state index contributed by atoms with van der Waals surface area (Å²) in [5.41, 5.74) is 15.7. The van der Waals surface area contributed by atoms with Crippen LogP contribution in [0, 0.1) is 0 Å². The molecule has 0 spiro atoms. The Balaban J connectivity index is 1.07. The molecule has 1 unspecified atom stereocenters. The molecule has 1 atom stereocenters. The molecule has 0 amide bonds. The van der Waals surface area contributed by atoms with Crippen molar-refractivity contribution in [3.63, 3.8) is 0 Å². The van der Waals surface area contributed by atoms with Gasteiger partial charge in [0, 0.05) is 50.2 Å². The predicted octanol–water partition coefficient (Wildman–Crippen LogP) is 14.9. The average molecular weight is 747 g/mol. The van der Waals surface area contributed by atoms with Crippen LogP contribution in [0.25, 0.3) is 38.6 Å². The number of hydrogen-bond donors (Lipinski definition) is 0. The minimum Gasteiger partial charge on any atom is -0.456 e. The van der Waals surface area contributed by atoms with Gasteiger partial charge in [0.15, 0.2) is 0 Å². The molecule has 8 aromatic carbocycles. The van der Waals surface area contributed by atoms with Gasteiger partial charge in [0.1, 0.15) is 11.5 Å². The monoisotopic (exact) mass is 746 g/mol. The highest BCUT2D eigenvalue weighted by Crippen LogP contribution is 2.53. The standard InChI is InChI=1S/C55H42N2O/c1-55(2)49-24-13-12-21-44(49)47-35-43(29-31-50(47)55)57(41-27-25-38(26-28-41)37-15-6-3-7-16-37)51-32-34-53-54-45(22-14-23-46(51)54)48-36-42(30-33-52(48)58-53)56(39-17-8-4-9-18-39)40-19-10-5-11-20-40/h3-27,29-36,41H,28H2,1-2H3. The van der Waals surface area contributed by atoms with E-state index in [4.69, 9.17) is 4.74 Å². The molecule has 2 aliphatic carbocycles. The summed E-state index contributed by atoms with van der Waals surface area (Å²) in [6.07, 6.45) is 7.97. The second kappa shape index (κ2) is 13.5. The highest BCUT2D eigenvalue weighted by Gasteiger charge is 2.36. The number of hydrogen-bond acceptors (Lipinski definition) is 3. The van der Waals surface area contributed by atoms with Crippen molar-refractivity contribution in [2.24, 2.45) is 0 Å². The Kier molecular flexibility index (Phi) is 7.97. The quantitative estimate of drug-likeness (QED) is 0.162. The summed E-state index contributed by atoms with van der Waals surface area (Å²) in [6.45, 7) is 4.70. The number of ether oxygens (including phenoxy) is 1. The second-order valence-electron chi connectivity index (χ2n) is 16.1. The molecule has 0 fully saturated rings. The van der Waals surface area contributed by atoms with Crippen LogP contribution >= 0.6 is 0 Å². The van der Waals surface area contributed by atoms with Crippen molar-refractivity contribution >= 4 is 44.8 Å². The summed E-state index contributed by atoms with van der Waals surface area (Å²) in [4.78, 5) is 4.87. The molecule has 0 saturated heterocycles. The molecule has 1 aliphatic heterocycles. The molecule has 0 saturated carbocycles. The molecule has 11 rings (SSSR count). The molecule has 3 aliphatic rings. The summed E-state index contributed by atoms with van der Waals surface area (Å²) in [7, 11) is 0. The van der Waals surface area contributed by atoms with E-state index >= 15 is 0 Å². The zero-order valence-corrected chi connectivity index (χ0v) is 32.6. The third-order valence-electron chi connectivity index (χ3n) is 12.4. The Hall–Kier alpha value is -7.10. The van der Waals surface area contributed by atoms with Gasteiger partial charge in [0.2, 0.25) is 0 Å². The first kappa shape index (κ1) is 34.2. The van der Waals surface area contributed by atoms with Gasteiger partial charge >= 0.3 is 0 Å². The summed E-state index contributed by atoms with van der Waals surface area (Å²) in [5.74, 6) is 1.75. The van der Waals surface area contributed by atoms with E-state index < -0.39 is 0 Å². The minimum atomic E-state index is -0.0617. The van der Waals surface area contributed by atoms with E-state index in [2.05, 4.69) is 224 Å². The smallest absolute Gasteiger partial charge is 0.136 e. The molecule has 0 bridgehead atoms. The maximum absolute atomic E-state index is 6.81. The van der Waals surface area contributed by atoms with Gasteiger partial charge in [-0.15, -0.1) is 0 Å². The second-order valence-corrected chi connectivity index (χ2v) is 16.1. The largest absolute Gasteiger partial charge is 0.456 e. The Morgan fingerprint density at radius 1 is 0.517 bits per heavy atom. The Morgan fingerprint density at radius 3 is 1.90 bits per heavy atom. The zero-order chi connectivity index (χ0) is 38.8. The molecule has 0 radical (unpaired) electrons.